The predicted molar refractivity (Wildman–Crippen MR) is 79.6 cm³/mol. The van der Waals surface area contributed by atoms with Crippen molar-refractivity contribution in [1.29, 1.82) is 0 Å². The van der Waals surface area contributed by atoms with Crippen molar-refractivity contribution in [1.82, 2.24) is 9.55 Å². The van der Waals surface area contributed by atoms with Crippen LogP contribution in [0.2, 0.25) is 0 Å². The van der Waals surface area contributed by atoms with Crippen molar-refractivity contribution >= 4 is 17.0 Å². The Morgan fingerprint density at radius 2 is 2.29 bits per heavy atom. The first-order valence-electron chi connectivity index (χ1n) is 7.43. The second-order valence-corrected chi connectivity index (χ2v) is 5.69. The van der Waals surface area contributed by atoms with Crippen LogP contribution in [0.5, 0.6) is 0 Å². The van der Waals surface area contributed by atoms with Crippen LogP contribution < -0.4 is 0 Å². The van der Waals surface area contributed by atoms with Gasteiger partial charge >= 0.3 is 5.97 Å². The maximum absolute atomic E-state index is 11.0. The van der Waals surface area contributed by atoms with Gasteiger partial charge in [0.05, 0.1) is 16.6 Å². The molecule has 112 valence electrons. The number of aryl methyl sites for hydroxylation is 2. The van der Waals surface area contributed by atoms with Crippen molar-refractivity contribution in [3.8, 4) is 0 Å². The number of imidazole rings is 1. The Morgan fingerprint density at radius 3 is 3.00 bits per heavy atom. The summed E-state index contributed by atoms with van der Waals surface area (Å²) in [6, 6.07) is 5.10. The molecule has 1 aliphatic carbocycles. The number of aromatic nitrogens is 2. The molecule has 0 aliphatic heterocycles. The molecule has 2 aromatic rings. The molecule has 1 aliphatic rings. The molecule has 5 nitrogen and oxygen atoms in total. The van der Waals surface area contributed by atoms with Crippen LogP contribution in [0.25, 0.3) is 11.0 Å². The van der Waals surface area contributed by atoms with Crippen LogP contribution >= 0.6 is 0 Å². The summed E-state index contributed by atoms with van der Waals surface area (Å²) in [5.41, 5.74) is 2.01. The van der Waals surface area contributed by atoms with Crippen molar-refractivity contribution in [2.24, 2.45) is 5.92 Å². The summed E-state index contributed by atoms with van der Waals surface area (Å²) in [6.07, 6.45) is 3.58. The molecular formula is C16H20N2O3. The number of rotatable bonds is 7. The molecule has 0 amide bonds. The van der Waals surface area contributed by atoms with Crippen LogP contribution in [-0.4, -0.2) is 33.8 Å². The van der Waals surface area contributed by atoms with E-state index in [9.17, 15) is 4.79 Å². The average Bonchev–Trinajstić information content (AvgIpc) is 3.22. The van der Waals surface area contributed by atoms with Crippen LogP contribution in [0, 0.1) is 12.8 Å². The van der Waals surface area contributed by atoms with E-state index in [0.29, 0.717) is 0 Å². The Morgan fingerprint density at radius 1 is 1.48 bits per heavy atom. The van der Waals surface area contributed by atoms with Crippen LogP contribution in [0.3, 0.4) is 0 Å². The van der Waals surface area contributed by atoms with Crippen LogP contribution in [0.15, 0.2) is 18.2 Å². The van der Waals surface area contributed by atoms with Crippen LogP contribution in [0.1, 0.15) is 35.4 Å². The molecule has 0 spiro atoms. The lowest BCUT2D eigenvalue weighted by Crippen LogP contribution is -2.05. The molecule has 0 saturated heterocycles. The Labute approximate surface area is 123 Å². The number of carbonyl (C=O) groups is 1. The fraction of sp³-hybridized carbons (Fsp3) is 0.500. The molecule has 21 heavy (non-hydrogen) atoms. The van der Waals surface area contributed by atoms with Gasteiger partial charge in [0.25, 0.3) is 0 Å². The summed E-state index contributed by atoms with van der Waals surface area (Å²) >= 11 is 0. The van der Waals surface area contributed by atoms with Crippen molar-refractivity contribution in [2.75, 3.05) is 13.2 Å². The predicted octanol–water partition coefficient (Wildman–Crippen LogP) is 2.86. The van der Waals surface area contributed by atoms with Crippen LogP contribution in [0.4, 0.5) is 0 Å². The molecule has 1 aromatic heterocycles. The van der Waals surface area contributed by atoms with Gasteiger partial charge in [-0.25, -0.2) is 9.78 Å². The number of hydrogen-bond donors (Lipinski definition) is 1. The Bertz CT molecular complexity index is 659. The minimum absolute atomic E-state index is 0.278. The first kappa shape index (κ1) is 14.1. The number of nitrogens with zero attached hydrogens (tertiary/aromatic N) is 2. The number of carboxylic acid groups (broad SMARTS) is 1. The minimum Gasteiger partial charge on any atom is -0.478 e. The fourth-order valence-corrected chi connectivity index (χ4v) is 2.52. The molecule has 1 heterocycles. The van der Waals surface area contributed by atoms with Gasteiger partial charge in [0.1, 0.15) is 5.82 Å². The van der Waals surface area contributed by atoms with Gasteiger partial charge in [-0.1, -0.05) is 0 Å². The van der Waals surface area contributed by atoms with E-state index in [4.69, 9.17) is 9.84 Å². The summed E-state index contributed by atoms with van der Waals surface area (Å²) in [7, 11) is 0. The van der Waals surface area contributed by atoms with Crippen molar-refractivity contribution in [3.05, 3.63) is 29.6 Å². The zero-order chi connectivity index (χ0) is 14.8. The Kier molecular flexibility index (Phi) is 3.92. The van der Waals surface area contributed by atoms with Gasteiger partial charge in [0.15, 0.2) is 0 Å². The largest absolute Gasteiger partial charge is 0.478 e. The van der Waals surface area contributed by atoms with Gasteiger partial charge in [0.2, 0.25) is 0 Å². The summed E-state index contributed by atoms with van der Waals surface area (Å²) in [6.45, 7) is 4.46. The quantitative estimate of drug-likeness (QED) is 0.796. The second-order valence-electron chi connectivity index (χ2n) is 5.69. The number of ether oxygens (including phenoxy) is 1. The molecule has 0 unspecified atom stereocenters. The van der Waals surface area contributed by atoms with E-state index >= 15 is 0 Å². The third kappa shape index (κ3) is 3.24. The number of carboxylic acids is 1. The van der Waals surface area contributed by atoms with Crippen molar-refractivity contribution < 1.29 is 14.6 Å². The van der Waals surface area contributed by atoms with E-state index in [2.05, 4.69) is 9.55 Å². The third-order valence-electron chi connectivity index (χ3n) is 3.91. The average molecular weight is 288 g/mol. The fourth-order valence-electron chi connectivity index (χ4n) is 2.52. The second kappa shape index (κ2) is 5.85. The molecule has 0 radical (unpaired) electrons. The highest BCUT2D eigenvalue weighted by Crippen LogP contribution is 2.28. The lowest BCUT2D eigenvalue weighted by Gasteiger charge is -2.07. The lowest BCUT2D eigenvalue weighted by molar-refractivity contribution is 0.0697. The lowest BCUT2D eigenvalue weighted by atomic mass is 10.2. The topological polar surface area (TPSA) is 64.3 Å². The summed E-state index contributed by atoms with van der Waals surface area (Å²) in [5, 5.41) is 9.02. The van der Waals surface area contributed by atoms with Gasteiger partial charge < -0.3 is 14.4 Å². The maximum Gasteiger partial charge on any atom is 0.335 e. The van der Waals surface area contributed by atoms with Crippen molar-refractivity contribution in [3.63, 3.8) is 0 Å². The highest BCUT2D eigenvalue weighted by atomic mass is 16.5. The minimum atomic E-state index is -0.919. The zero-order valence-corrected chi connectivity index (χ0v) is 12.2. The first-order valence-corrected chi connectivity index (χ1v) is 7.43. The van der Waals surface area contributed by atoms with Gasteiger partial charge in [-0.05, 0) is 50.3 Å². The summed E-state index contributed by atoms with van der Waals surface area (Å²) < 4.78 is 7.77. The van der Waals surface area contributed by atoms with Gasteiger partial charge in [0, 0.05) is 19.8 Å². The summed E-state index contributed by atoms with van der Waals surface area (Å²) in [4.78, 5) is 15.4. The number of benzene rings is 1. The third-order valence-corrected chi connectivity index (χ3v) is 3.91. The van der Waals surface area contributed by atoms with Gasteiger partial charge in [-0.3, -0.25) is 0 Å². The van der Waals surface area contributed by atoms with E-state index in [1.165, 1.54) is 12.8 Å². The van der Waals surface area contributed by atoms with Gasteiger partial charge in [-0.2, -0.15) is 0 Å². The normalized spacial score (nSPS) is 14.7. The molecule has 1 fully saturated rings. The summed E-state index contributed by atoms with van der Waals surface area (Å²) in [5.74, 6) is 0.794. The number of hydrogen-bond acceptors (Lipinski definition) is 3. The SMILES string of the molecule is Cc1nc2cc(C(=O)O)ccc2n1CCCOCC1CC1. The molecule has 3 rings (SSSR count). The standard InChI is InChI=1S/C16H20N2O3/c1-11-17-14-9-13(16(19)20)5-6-15(14)18(11)7-2-8-21-10-12-3-4-12/h5-6,9,12H,2-4,7-8,10H2,1H3,(H,19,20). The van der Waals surface area contributed by atoms with Crippen LogP contribution in [-0.2, 0) is 11.3 Å². The Hall–Kier alpha value is -1.88. The van der Waals surface area contributed by atoms with E-state index in [-0.39, 0.29) is 5.56 Å². The van der Waals surface area contributed by atoms with E-state index in [1.54, 1.807) is 12.1 Å². The molecule has 1 N–H and O–H groups in total. The van der Waals surface area contributed by atoms with E-state index in [0.717, 1.165) is 49.0 Å². The number of aromatic carboxylic acids is 1. The van der Waals surface area contributed by atoms with Gasteiger partial charge in [-0.15, -0.1) is 0 Å². The molecule has 1 saturated carbocycles. The molecule has 0 bridgehead atoms. The molecular weight excluding hydrogens is 268 g/mol. The smallest absolute Gasteiger partial charge is 0.335 e. The molecule has 1 aromatic carbocycles. The highest BCUT2D eigenvalue weighted by Gasteiger charge is 2.20. The van der Waals surface area contributed by atoms with Crippen molar-refractivity contribution in [2.45, 2.75) is 32.7 Å². The molecule has 0 atom stereocenters. The zero-order valence-electron chi connectivity index (χ0n) is 12.2. The number of fused-ring (bicyclic) bond motifs is 1. The van der Waals surface area contributed by atoms with E-state index < -0.39 is 5.97 Å². The van der Waals surface area contributed by atoms with E-state index in [1.807, 2.05) is 13.0 Å². The maximum atomic E-state index is 11.0. The monoisotopic (exact) mass is 288 g/mol. The molecule has 5 heteroatoms. The first-order chi connectivity index (χ1) is 10.1. The highest BCUT2D eigenvalue weighted by molar-refractivity contribution is 5.92. The Balaban J connectivity index is 1.66.